The van der Waals surface area contributed by atoms with Gasteiger partial charge in [-0.15, -0.1) is 0 Å². The SMILES string of the molecule is CCNC(=NCc1ccc(C)cc1OCC1CC1)NCC1(CS(C)(=O)=O)CC1. The molecular weight excluding hydrogens is 374 g/mol. The van der Waals surface area contributed by atoms with E-state index in [4.69, 9.17) is 9.73 Å². The second-order valence-electron chi connectivity index (χ2n) is 8.48. The summed E-state index contributed by atoms with van der Waals surface area (Å²) >= 11 is 0. The van der Waals surface area contributed by atoms with E-state index in [0.29, 0.717) is 19.0 Å². The van der Waals surface area contributed by atoms with Gasteiger partial charge in [-0.05, 0) is 57.1 Å². The van der Waals surface area contributed by atoms with Crippen molar-refractivity contribution in [3.05, 3.63) is 29.3 Å². The number of benzene rings is 1. The van der Waals surface area contributed by atoms with Crippen molar-refractivity contribution < 1.29 is 13.2 Å². The molecule has 0 unspecified atom stereocenters. The summed E-state index contributed by atoms with van der Waals surface area (Å²) < 4.78 is 29.4. The van der Waals surface area contributed by atoms with Gasteiger partial charge in [-0.2, -0.15) is 0 Å². The Labute approximate surface area is 169 Å². The molecule has 0 radical (unpaired) electrons. The Morgan fingerprint density at radius 1 is 1.29 bits per heavy atom. The topological polar surface area (TPSA) is 79.8 Å². The van der Waals surface area contributed by atoms with E-state index in [1.54, 1.807) is 0 Å². The fraction of sp³-hybridized carbons (Fsp3) is 0.667. The maximum Gasteiger partial charge on any atom is 0.191 e. The summed E-state index contributed by atoms with van der Waals surface area (Å²) in [6.45, 7) is 6.78. The van der Waals surface area contributed by atoms with Gasteiger partial charge in [0.15, 0.2) is 5.96 Å². The van der Waals surface area contributed by atoms with Gasteiger partial charge in [0.25, 0.3) is 0 Å². The predicted molar refractivity (Wildman–Crippen MR) is 114 cm³/mol. The van der Waals surface area contributed by atoms with Crippen molar-refractivity contribution >= 4 is 15.8 Å². The van der Waals surface area contributed by atoms with Crippen LogP contribution in [-0.4, -0.2) is 46.1 Å². The maximum absolute atomic E-state index is 11.7. The Balaban J connectivity index is 1.62. The van der Waals surface area contributed by atoms with Crippen molar-refractivity contribution in [2.75, 3.05) is 31.7 Å². The molecule has 0 bridgehead atoms. The molecule has 1 aromatic rings. The first-order chi connectivity index (χ1) is 13.3. The van der Waals surface area contributed by atoms with Crippen LogP contribution in [0.15, 0.2) is 23.2 Å². The minimum Gasteiger partial charge on any atom is -0.493 e. The van der Waals surface area contributed by atoms with E-state index >= 15 is 0 Å². The molecule has 2 saturated carbocycles. The third-order valence-corrected chi connectivity index (χ3v) is 6.44. The Bertz CT molecular complexity index is 812. The highest BCUT2D eigenvalue weighted by atomic mass is 32.2. The highest BCUT2D eigenvalue weighted by Gasteiger charge is 2.45. The van der Waals surface area contributed by atoms with E-state index in [0.717, 1.165) is 43.3 Å². The molecule has 0 aromatic heterocycles. The molecule has 0 atom stereocenters. The van der Waals surface area contributed by atoms with Gasteiger partial charge >= 0.3 is 0 Å². The van der Waals surface area contributed by atoms with Crippen molar-refractivity contribution in [3.63, 3.8) is 0 Å². The monoisotopic (exact) mass is 407 g/mol. The minimum absolute atomic E-state index is 0.133. The Morgan fingerprint density at radius 2 is 2.04 bits per heavy atom. The van der Waals surface area contributed by atoms with Gasteiger partial charge in [-0.3, -0.25) is 0 Å². The quantitative estimate of drug-likeness (QED) is 0.460. The van der Waals surface area contributed by atoms with Gasteiger partial charge in [0.05, 0.1) is 18.9 Å². The zero-order valence-corrected chi connectivity index (χ0v) is 18.1. The van der Waals surface area contributed by atoms with Gasteiger partial charge in [0.2, 0.25) is 0 Å². The molecule has 156 valence electrons. The number of hydrogen-bond donors (Lipinski definition) is 2. The van der Waals surface area contributed by atoms with E-state index in [2.05, 4.69) is 35.8 Å². The fourth-order valence-corrected chi connectivity index (χ4v) is 4.80. The Kier molecular flexibility index (Phi) is 6.53. The molecule has 6 nitrogen and oxygen atoms in total. The van der Waals surface area contributed by atoms with Gasteiger partial charge in [0, 0.05) is 30.3 Å². The third kappa shape index (κ3) is 6.69. The van der Waals surface area contributed by atoms with Crippen LogP contribution >= 0.6 is 0 Å². The molecule has 28 heavy (non-hydrogen) atoms. The summed E-state index contributed by atoms with van der Waals surface area (Å²) in [5, 5.41) is 6.60. The fourth-order valence-electron chi connectivity index (χ4n) is 3.30. The number of aliphatic imine (C=N–C) groups is 1. The van der Waals surface area contributed by atoms with Crippen molar-refractivity contribution in [1.29, 1.82) is 0 Å². The summed E-state index contributed by atoms with van der Waals surface area (Å²) in [7, 11) is -2.97. The lowest BCUT2D eigenvalue weighted by atomic mass is 10.1. The first-order valence-electron chi connectivity index (χ1n) is 10.2. The van der Waals surface area contributed by atoms with Gasteiger partial charge in [-0.25, -0.2) is 13.4 Å². The molecule has 1 aromatic carbocycles. The summed E-state index contributed by atoms with van der Waals surface area (Å²) in [5.41, 5.74) is 2.12. The molecule has 2 N–H and O–H groups in total. The molecule has 0 heterocycles. The number of nitrogens with one attached hydrogen (secondary N) is 2. The second kappa shape index (κ2) is 8.72. The first kappa shape index (κ1) is 21.0. The van der Waals surface area contributed by atoms with Crippen LogP contribution in [0.1, 0.15) is 43.7 Å². The van der Waals surface area contributed by atoms with Gasteiger partial charge in [0.1, 0.15) is 15.6 Å². The van der Waals surface area contributed by atoms with E-state index in [1.807, 2.05) is 6.92 Å². The number of rotatable bonds is 10. The van der Waals surface area contributed by atoms with Crippen molar-refractivity contribution in [2.24, 2.45) is 16.3 Å². The van der Waals surface area contributed by atoms with Crippen LogP contribution in [0.3, 0.4) is 0 Å². The average Bonchev–Trinajstić information content (AvgIpc) is 3.53. The van der Waals surface area contributed by atoms with Crippen LogP contribution < -0.4 is 15.4 Å². The lowest BCUT2D eigenvalue weighted by molar-refractivity contribution is 0.296. The van der Waals surface area contributed by atoms with Crippen molar-refractivity contribution in [1.82, 2.24) is 10.6 Å². The molecule has 0 spiro atoms. The second-order valence-corrected chi connectivity index (χ2v) is 10.6. The van der Waals surface area contributed by atoms with E-state index in [9.17, 15) is 8.42 Å². The van der Waals surface area contributed by atoms with E-state index in [-0.39, 0.29) is 11.2 Å². The minimum atomic E-state index is -2.97. The standard InChI is InChI=1S/C21H33N3O3S/c1-4-22-20(24-14-21(9-10-21)15-28(3,25)26)23-12-18-8-5-16(2)11-19(18)27-13-17-6-7-17/h5,8,11,17H,4,6-7,9-10,12-15H2,1-3H3,(H2,22,23,24). The number of sulfone groups is 1. The van der Waals surface area contributed by atoms with E-state index < -0.39 is 9.84 Å². The number of aryl methyl sites for hydroxylation is 1. The van der Waals surface area contributed by atoms with Crippen LogP contribution in [0.25, 0.3) is 0 Å². The third-order valence-electron chi connectivity index (χ3n) is 5.30. The number of guanidine groups is 1. The highest BCUT2D eigenvalue weighted by molar-refractivity contribution is 7.90. The average molecular weight is 408 g/mol. The highest BCUT2D eigenvalue weighted by Crippen LogP contribution is 2.46. The molecule has 3 rings (SSSR count). The van der Waals surface area contributed by atoms with Gasteiger partial charge in [-0.1, -0.05) is 12.1 Å². The Hall–Kier alpha value is -1.76. The van der Waals surface area contributed by atoms with Crippen molar-refractivity contribution in [3.8, 4) is 5.75 Å². The molecule has 0 amide bonds. The van der Waals surface area contributed by atoms with Crippen LogP contribution in [0.5, 0.6) is 5.75 Å². The van der Waals surface area contributed by atoms with Crippen LogP contribution in [0.2, 0.25) is 0 Å². The summed E-state index contributed by atoms with van der Waals surface area (Å²) in [6.07, 6.45) is 5.74. The lowest BCUT2D eigenvalue weighted by Gasteiger charge is -2.18. The zero-order valence-electron chi connectivity index (χ0n) is 17.3. The first-order valence-corrected chi connectivity index (χ1v) is 12.3. The predicted octanol–water partition coefficient (Wildman–Crippen LogP) is 2.66. The molecule has 2 fully saturated rings. The van der Waals surface area contributed by atoms with Crippen LogP contribution in [0, 0.1) is 18.3 Å². The lowest BCUT2D eigenvalue weighted by Crippen LogP contribution is -2.41. The summed E-state index contributed by atoms with van der Waals surface area (Å²) in [6, 6.07) is 6.25. The molecule has 2 aliphatic carbocycles. The maximum atomic E-state index is 11.7. The number of nitrogens with zero attached hydrogens (tertiary/aromatic N) is 1. The molecule has 7 heteroatoms. The number of ether oxygens (including phenoxy) is 1. The molecular formula is C21H33N3O3S. The van der Waals surface area contributed by atoms with E-state index in [1.165, 1.54) is 24.7 Å². The number of hydrogen-bond acceptors (Lipinski definition) is 4. The normalized spacial score (nSPS) is 18.6. The van der Waals surface area contributed by atoms with Gasteiger partial charge < -0.3 is 15.4 Å². The zero-order chi connectivity index (χ0) is 20.2. The molecule has 0 saturated heterocycles. The van der Waals surface area contributed by atoms with Crippen molar-refractivity contribution in [2.45, 2.75) is 46.1 Å². The Morgan fingerprint density at radius 3 is 2.64 bits per heavy atom. The summed E-state index contributed by atoms with van der Waals surface area (Å²) in [5.74, 6) is 2.59. The van der Waals surface area contributed by atoms with Crippen LogP contribution in [0.4, 0.5) is 0 Å². The molecule has 0 aliphatic heterocycles. The smallest absolute Gasteiger partial charge is 0.191 e. The largest absolute Gasteiger partial charge is 0.493 e. The summed E-state index contributed by atoms with van der Waals surface area (Å²) in [4.78, 5) is 4.71. The van der Waals surface area contributed by atoms with Crippen LogP contribution in [-0.2, 0) is 16.4 Å². The molecule has 2 aliphatic rings.